The Hall–Kier alpha value is -2.02. The third-order valence-corrected chi connectivity index (χ3v) is 6.14. The number of ether oxygens (including phenoxy) is 2. The number of thioether (sulfide) groups is 1. The molecule has 29 heavy (non-hydrogen) atoms. The molecule has 1 aliphatic heterocycles. The van der Waals surface area contributed by atoms with Gasteiger partial charge in [-0.3, -0.25) is 9.69 Å². The average molecular weight is 448 g/mol. The van der Waals surface area contributed by atoms with Gasteiger partial charge in [0.1, 0.15) is 15.8 Å². The molecule has 2 aromatic rings. The molecule has 1 amide bonds. The minimum Gasteiger partial charge on any atom is -0.493 e. The fourth-order valence-corrected chi connectivity index (χ4v) is 4.28. The monoisotopic (exact) mass is 447 g/mol. The van der Waals surface area contributed by atoms with Crippen LogP contribution in [-0.2, 0) is 4.79 Å². The van der Waals surface area contributed by atoms with E-state index in [9.17, 15) is 4.79 Å². The second kappa shape index (κ2) is 10.1. The number of carbonyl (C=O) groups is 1. The molecule has 3 rings (SSSR count). The maximum Gasteiger partial charge on any atom is 0.266 e. The Bertz CT molecular complexity index is 945. The van der Waals surface area contributed by atoms with E-state index in [1.165, 1.54) is 11.8 Å². The lowest BCUT2D eigenvalue weighted by Gasteiger charge is -2.11. The zero-order valence-corrected chi connectivity index (χ0v) is 18.7. The van der Waals surface area contributed by atoms with Crippen molar-refractivity contribution in [3.05, 3.63) is 63.5 Å². The molecule has 152 valence electrons. The van der Waals surface area contributed by atoms with Crippen LogP contribution in [0.2, 0.25) is 5.02 Å². The summed E-state index contributed by atoms with van der Waals surface area (Å²) in [4.78, 5) is 14.6. The molecule has 0 unspecified atom stereocenters. The van der Waals surface area contributed by atoms with Crippen molar-refractivity contribution < 1.29 is 14.3 Å². The van der Waals surface area contributed by atoms with Crippen LogP contribution in [0.25, 0.3) is 6.08 Å². The Labute approximate surface area is 185 Å². The van der Waals surface area contributed by atoms with Crippen LogP contribution >= 0.6 is 35.6 Å². The van der Waals surface area contributed by atoms with E-state index < -0.39 is 0 Å². The van der Waals surface area contributed by atoms with Crippen molar-refractivity contribution in [2.24, 2.45) is 0 Å². The molecule has 4 nitrogen and oxygen atoms in total. The molecule has 0 radical (unpaired) electrons. The highest BCUT2D eigenvalue weighted by Gasteiger charge is 2.30. The minimum absolute atomic E-state index is 0.0519. The number of thiocarbonyl (C=S) groups is 1. The average Bonchev–Trinajstić information content (AvgIpc) is 2.98. The molecule has 0 bridgehead atoms. The first kappa shape index (κ1) is 21.7. The van der Waals surface area contributed by atoms with Gasteiger partial charge >= 0.3 is 0 Å². The highest BCUT2D eigenvalue weighted by molar-refractivity contribution is 8.26. The first-order valence-electron chi connectivity index (χ1n) is 9.35. The van der Waals surface area contributed by atoms with Crippen LogP contribution in [-0.4, -0.2) is 34.9 Å². The third kappa shape index (κ3) is 5.53. The van der Waals surface area contributed by atoms with Crippen LogP contribution in [0.4, 0.5) is 0 Å². The first-order chi connectivity index (χ1) is 14.0. The fourth-order valence-electron chi connectivity index (χ4n) is 2.78. The summed E-state index contributed by atoms with van der Waals surface area (Å²) in [6, 6.07) is 13.3. The number of aryl methyl sites for hydroxylation is 1. The van der Waals surface area contributed by atoms with Gasteiger partial charge in [-0.05, 0) is 49.8 Å². The van der Waals surface area contributed by atoms with Crippen LogP contribution in [0.1, 0.15) is 24.5 Å². The number of hydrogen-bond acceptors (Lipinski definition) is 5. The fraction of sp³-hybridized carbons (Fsp3) is 0.273. The Kier molecular flexibility index (Phi) is 7.58. The first-order valence-corrected chi connectivity index (χ1v) is 11.0. The van der Waals surface area contributed by atoms with E-state index in [0.717, 1.165) is 34.1 Å². The smallest absolute Gasteiger partial charge is 0.266 e. The van der Waals surface area contributed by atoms with Gasteiger partial charge in [-0.15, -0.1) is 0 Å². The number of carbonyl (C=O) groups excluding carboxylic acids is 1. The number of para-hydroxylation sites is 1. The molecule has 0 N–H and O–H groups in total. The lowest BCUT2D eigenvalue weighted by molar-refractivity contribution is -0.121. The summed E-state index contributed by atoms with van der Waals surface area (Å²) < 4.78 is 12.3. The molecule has 0 saturated carbocycles. The van der Waals surface area contributed by atoms with Crippen LogP contribution < -0.4 is 9.47 Å². The molecule has 1 aliphatic rings. The Morgan fingerprint density at radius 1 is 1.17 bits per heavy atom. The summed E-state index contributed by atoms with van der Waals surface area (Å²) in [5, 5.41) is 0.730. The van der Waals surface area contributed by atoms with Crippen LogP contribution in [0.5, 0.6) is 11.5 Å². The van der Waals surface area contributed by atoms with Gasteiger partial charge in [0.15, 0.2) is 0 Å². The quantitative estimate of drug-likeness (QED) is 0.294. The number of halogens is 1. The van der Waals surface area contributed by atoms with Gasteiger partial charge in [0.2, 0.25) is 0 Å². The topological polar surface area (TPSA) is 38.8 Å². The highest BCUT2D eigenvalue weighted by atomic mass is 35.5. The van der Waals surface area contributed by atoms with Gasteiger partial charge in [-0.25, -0.2) is 0 Å². The van der Waals surface area contributed by atoms with Gasteiger partial charge in [0.05, 0.1) is 18.1 Å². The van der Waals surface area contributed by atoms with Crippen molar-refractivity contribution in [3.63, 3.8) is 0 Å². The highest BCUT2D eigenvalue weighted by Crippen LogP contribution is 2.34. The standard InChI is InChI=1S/C22H22ClNO3S2/c1-3-24-21(25)20(29-22(24)28)14-16-7-4-5-8-19(16)27-12-6-11-26-17-9-10-18(23)15(2)13-17/h4-5,7-10,13-14H,3,6,11-12H2,1-2H3/b20-14-. The molecule has 0 aromatic heterocycles. The summed E-state index contributed by atoms with van der Waals surface area (Å²) in [5.74, 6) is 1.48. The Balaban J connectivity index is 1.56. The SMILES string of the molecule is CCN1C(=O)/C(=C/c2ccccc2OCCCOc2ccc(Cl)c(C)c2)SC1=S. The maximum absolute atomic E-state index is 12.4. The van der Waals surface area contributed by atoms with Crippen molar-refractivity contribution >= 4 is 51.9 Å². The number of likely N-dealkylation sites (N-methyl/N-ethyl adjacent to an activating group) is 1. The van der Waals surface area contributed by atoms with Gasteiger partial charge < -0.3 is 9.47 Å². The number of hydrogen-bond donors (Lipinski definition) is 0. The molecular formula is C22H22ClNO3S2. The van der Waals surface area contributed by atoms with Crippen LogP contribution in [0.3, 0.4) is 0 Å². The zero-order valence-electron chi connectivity index (χ0n) is 16.3. The van der Waals surface area contributed by atoms with E-state index in [1.807, 2.05) is 62.4 Å². The van der Waals surface area contributed by atoms with Crippen molar-refractivity contribution in [2.75, 3.05) is 19.8 Å². The summed E-state index contributed by atoms with van der Waals surface area (Å²) in [6.07, 6.45) is 2.57. The van der Waals surface area contributed by atoms with Gasteiger partial charge in [0.25, 0.3) is 5.91 Å². The molecule has 1 heterocycles. The number of rotatable bonds is 8. The van der Waals surface area contributed by atoms with E-state index >= 15 is 0 Å². The lowest BCUT2D eigenvalue weighted by atomic mass is 10.2. The van der Waals surface area contributed by atoms with Gasteiger partial charge in [-0.2, -0.15) is 0 Å². The summed E-state index contributed by atoms with van der Waals surface area (Å²) in [6.45, 7) is 5.49. The maximum atomic E-state index is 12.4. The van der Waals surface area contributed by atoms with Crippen LogP contribution in [0, 0.1) is 6.92 Å². The normalized spacial score (nSPS) is 15.3. The summed E-state index contributed by atoms with van der Waals surface area (Å²) >= 11 is 12.6. The summed E-state index contributed by atoms with van der Waals surface area (Å²) in [5.41, 5.74) is 1.85. The molecule has 0 aliphatic carbocycles. The number of benzene rings is 2. The zero-order chi connectivity index (χ0) is 20.8. The van der Waals surface area contributed by atoms with Crippen molar-refractivity contribution in [3.8, 4) is 11.5 Å². The Morgan fingerprint density at radius 3 is 2.66 bits per heavy atom. The summed E-state index contributed by atoms with van der Waals surface area (Å²) in [7, 11) is 0. The van der Waals surface area contributed by atoms with E-state index in [4.69, 9.17) is 33.3 Å². The third-order valence-electron chi connectivity index (χ3n) is 4.34. The second-order valence-electron chi connectivity index (χ2n) is 6.43. The molecule has 2 aromatic carbocycles. The van der Waals surface area contributed by atoms with Crippen LogP contribution in [0.15, 0.2) is 47.4 Å². The second-order valence-corrected chi connectivity index (χ2v) is 8.51. The van der Waals surface area contributed by atoms with E-state index in [0.29, 0.717) is 29.0 Å². The molecule has 0 spiro atoms. The number of amides is 1. The van der Waals surface area contributed by atoms with Gasteiger partial charge in [-0.1, -0.05) is 53.8 Å². The minimum atomic E-state index is -0.0519. The van der Waals surface area contributed by atoms with Crippen molar-refractivity contribution in [1.29, 1.82) is 0 Å². The molecule has 0 atom stereocenters. The Morgan fingerprint density at radius 2 is 1.93 bits per heavy atom. The predicted molar refractivity (Wildman–Crippen MR) is 124 cm³/mol. The number of nitrogens with zero attached hydrogens (tertiary/aromatic N) is 1. The molecule has 1 fully saturated rings. The van der Waals surface area contributed by atoms with Crippen molar-refractivity contribution in [1.82, 2.24) is 4.90 Å². The van der Waals surface area contributed by atoms with Gasteiger partial charge in [0, 0.05) is 23.6 Å². The van der Waals surface area contributed by atoms with Crippen molar-refractivity contribution in [2.45, 2.75) is 20.3 Å². The lowest BCUT2D eigenvalue weighted by Crippen LogP contribution is -2.27. The largest absolute Gasteiger partial charge is 0.493 e. The van der Waals surface area contributed by atoms with E-state index in [1.54, 1.807) is 4.90 Å². The van der Waals surface area contributed by atoms with E-state index in [-0.39, 0.29) is 5.91 Å². The molecule has 7 heteroatoms. The molecule has 1 saturated heterocycles. The van der Waals surface area contributed by atoms with E-state index in [2.05, 4.69) is 0 Å². The predicted octanol–water partition coefficient (Wildman–Crippen LogP) is 5.72. The molecular weight excluding hydrogens is 426 g/mol.